The second kappa shape index (κ2) is 7.28. The molecule has 1 fully saturated rings. The number of rotatable bonds is 3. The number of H-pyrrole nitrogens is 1. The van der Waals surface area contributed by atoms with Crippen LogP contribution in [0.15, 0.2) is 36.5 Å². The van der Waals surface area contributed by atoms with Gasteiger partial charge in [-0.3, -0.25) is 14.6 Å². The van der Waals surface area contributed by atoms with Gasteiger partial charge in [-0.05, 0) is 36.8 Å². The number of benzene rings is 1. The molecule has 0 atom stereocenters. The summed E-state index contributed by atoms with van der Waals surface area (Å²) in [6.45, 7) is 6.32. The van der Waals surface area contributed by atoms with Crippen LogP contribution in [0.2, 0.25) is 5.02 Å². The molecule has 144 valence electrons. The summed E-state index contributed by atoms with van der Waals surface area (Å²) in [7, 11) is 0. The van der Waals surface area contributed by atoms with E-state index >= 15 is 0 Å². The van der Waals surface area contributed by atoms with Crippen LogP contribution in [-0.2, 0) is 0 Å². The Hall–Kier alpha value is -2.86. The van der Waals surface area contributed by atoms with Crippen LogP contribution in [0.1, 0.15) is 33.3 Å². The molecule has 2 aromatic heterocycles. The number of nitrogens with one attached hydrogen (secondary N) is 1. The topological polar surface area (TPSA) is 69.3 Å². The molecule has 3 aromatic rings. The highest BCUT2D eigenvalue weighted by Gasteiger charge is 2.24. The Bertz CT molecular complexity index is 1070. The van der Waals surface area contributed by atoms with Crippen LogP contribution in [0.25, 0.3) is 11.0 Å². The van der Waals surface area contributed by atoms with E-state index in [1.807, 2.05) is 23.1 Å². The summed E-state index contributed by atoms with van der Waals surface area (Å²) in [6.07, 6.45) is 1.58. The van der Waals surface area contributed by atoms with Crippen LogP contribution in [-0.4, -0.2) is 52.7 Å². The van der Waals surface area contributed by atoms with Gasteiger partial charge in [0, 0.05) is 50.0 Å². The summed E-state index contributed by atoms with van der Waals surface area (Å²) < 4.78 is 0. The molecule has 1 amide bonds. The van der Waals surface area contributed by atoms with Crippen molar-refractivity contribution in [3.8, 4) is 0 Å². The molecule has 0 spiro atoms. The third kappa shape index (κ3) is 3.47. The Balaban J connectivity index is 1.48. The second-order valence-corrected chi connectivity index (χ2v) is 7.54. The Morgan fingerprint density at radius 2 is 1.86 bits per heavy atom. The van der Waals surface area contributed by atoms with E-state index in [1.54, 1.807) is 18.3 Å². The van der Waals surface area contributed by atoms with Crippen LogP contribution in [0.4, 0.5) is 5.69 Å². The third-order valence-electron chi connectivity index (χ3n) is 5.17. The number of Topliss-reactive ketones (excluding diaryl/α,β-unsaturated/α-hetero) is 1. The number of piperazine rings is 1. The number of fused-ring (bicyclic) bond motifs is 1. The standard InChI is InChI=1S/C21H21ClN4O2/c1-13-3-4-16(22)10-20(13)25-5-7-26(8-6-25)21(28)15-9-19-18(23-12-15)11-17(24-19)14(2)27/h3-4,9-12,24H,5-8H2,1-2H3. The van der Waals surface area contributed by atoms with E-state index in [1.165, 1.54) is 12.5 Å². The Labute approximate surface area is 168 Å². The first-order chi connectivity index (χ1) is 13.4. The summed E-state index contributed by atoms with van der Waals surface area (Å²) in [5.74, 6) is -0.103. The lowest BCUT2D eigenvalue weighted by Gasteiger charge is -2.36. The number of halogens is 1. The Morgan fingerprint density at radius 3 is 2.57 bits per heavy atom. The lowest BCUT2D eigenvalue weighted by atomic mass is 10.1. The molecule has 1 N–H and O–H groups in total. The Kier molecular flexibility index (Phi) is 4.81. The van der Waals surface area contributed by atoms with Crippen molar-refractivity contribution in [1.29, 1.82) is 0 Å². The molecular formula is C21H21ClN4O2. The maximum atomic E-state index is 12.9. The van der Waals surface area contributed by atoms with Crippen molar-refractivity contribution in [2.24, 2.45) is 0 Å². The number of carbonyl (C=O) groups excluding carboxylic acids is 2. The molecule has 1 aromatic carbocycles. The monoisotopic (exact) mass is 396 g/mol. The van der Waals surface area contributed by atoms with Crippen molar-refractivity contribution in [1.82, 2.24) is 14.9 Å². The number of carbonyl (C=O) groups is 2. The molecule has 28 heavy (non-hydrogen) atoms. The highest BCUT2D eigenvalue weighted by Crippen LogP contribution is 2.25. The first kappa shape index (κ1) is 18.5. The van der Waals surface area contributed by atoms with E-state index < -0.39 is 0 Å². The number of hydrogen-bond donors (Lipinski definition) is 1. The minimum Gasteiger partial charge on any atom is -0.368 e. The predicted molar refractivity (Wildman–Crippen MR) is 110 cm³/mol. The summed E-state index contributed by atoms with van der Waals surface area (Å²) in [6, 6.07) is 9.36. The molecule has 4 rings (SSSR count). The van der Waals surface area contributed by atoms with Crippen LogP contribution in [0.5, 0.6) is 0 Å². The van der Waals surface area contributed by atoms with Crippen LogP contribution >= 0.6 is 11.6 Å². The number of ketones is 1. The summed E-state index contributed by atoms with van der Waals surface area (Å²) in [5.41, 5.74) is 4.69. The molecule has 0 saturated carbocycles. The van der Waals surface area contributed by atoms with Crippen molar-refractivity contribution in [2.45, 2.75) is 13.8 Å². The number of aryl methyl sites for hydroxylation is 1. The summed E-state index contributed by atoms with van der Waals surface area (Å²) in [5, 5.41) is 0.717. The van der Waals surface area contributed by atoms with Crippen LogP contribution < -0.4 is 4.90 Å². The van der Waals surface area contributed by atoms with Gasteiger partial charge >= 0.3 is 0 Å². The van der Waals surface area contributed by atoms with Gasteiger partial charge in [0.25, 0.3) is 5.91 Å². The number of amides is 1. The molecule has 3 heterocycles. The fourth-order valence-electron chi connectivity index (χ4n) is 3.57. The maximum absolute atomic E-state index is 12.9. The average Bonchev–Trinajstić information content (AvgIpc) is 3.13. The molecule has 0 radical (unpaired) electrons. The lowest BCUT2D eigenvalue weighted by Crippen LogP contribution is -2.49. The van der Waals surface area contributed by atoms with Gasteiger partial charge in [-0.15, -0.1) is 0 Å². The molecule has 1 aliphatic rings. The van der Waals surface area contributed by atoms with Gasteiger partial charge in [0.15, 0.2) is 5.78 Å². The van der Waals surface area contributed by atoms with Crippen molar-refractivity contribution >= 4 is 40.0 Å². The number of aromatic nitrogens is 2. The highest BCUT2D eigenvalue weighted by molar-refractivity contribution is 6.30. The number of aromatic amines is 1. The number of hydrogen-bond acceptors (Lipinski definition) is 4. The first-order valence-electron chi connectivity index (χ1n) is 9.22. The van der Waals surface area contributed by atoms with E-state index in [-0.39, 0.29) is 11.7 Å². The van der Waals surface area contributed by atoms with E-state index in [0.29, 0.717) is 35.4 Å². The van der Waals surface area contributed by atoms with E-state index in [2.05, 4.69) is 21.8 Å². The molecule has 0 unspecified atom stereocenters. The lowest BCUT2D eigenvalue weighted by molar-refractivity contribution is 0.0746. The van der Waals surface area contributed by atoms with Crippen molar-refractivity contribution in [3.63, 3.8) is 0 Å². The van der Waals surface area contributed by atoms with Gasteiger partial charge in [0.2, 0.25) is 0 Å². The molecule has 7 heteroatoms. The zero-order chi connectivity index (χ0) is 19.8. The molecule has 1 aliphatic heterocycles. The van der Waals surface area contributed by atoms with E-state index in [9.17, 15) is 9.59 Å². The summed E-state index contributed by atoms with van der Waals surface area (Å²) in [4.78, 5) is 35.9. The normalized spacial score (nSPS) is 14.5. The molecular weight excluding hydrogens is 376 g/mol. The first-order valence-corrected chi connectivity index (χ1v) is 9.60. The molecule has 6 nitrogen and oxygen atoms in total. The van der Waals surface area contributed by atoms with Crippen LogP contribution in [0, 0.1) is 6.92 Å². The zero-order valence-corrected chi connectivity index (χ0v) is 16.6. The quantitative estimate of drug-likeness (QED) is 0.685. The smallest absolute Gasteiger partial charge is 0.255 e. The third-order valence-corrected chi connectivity index (χ3v) is 5.41. The van der Waals surface area contributed by atoms with E-state index in [0.717, 1.165) is 23.8 Å². The van der Waals surface area contributed by atoms with Crippen molar-refractivity contribution < 1.29 is 9.59 Å². The number of nitrogens with zero attached hydrogens (tertiary/aromatic N) is 3. The predicted octanol–water partition coefficient (Wildman–Crippen LogP) is 3.69. The van der Waals surface area contributed by atoms with Crippen molar-refractivity contribution in [3.05, 3.63) is 58.4 Å². The van der Waals surface area contributed by atoms with Gasteiger partial charge in [-0.2, -0.15) is 0 Å². The van der Waals surface area contributed by atoms with Gasteiger partial charge in [0.1, 0.15) is 0 Å². The fourth-order valence-corrected chi connectivity index (χ4v) is 3.74. The van der Waals surface area contributed by atoms with Gasteiger partial charge in [-0.1, -0.05) is 17.7 Å². The molecule has 0 aliphatic carbocycles. The van der Waals surface area contributed by atoms with Gasteiger partial charge in [0.05, 0.1) is 22.3 Å². The maximum Gasteiger partial charge on any atom is 0.255 e. The van der Waals surface area contributed by atoms with Gasteiger partial charge < -0.3 is 14.8 Å². The zero-order valence-electron chi connectivity index (χ0n) is 15.8. The Morgan fingerprint density at radius 1 is 1.11 bits per heavy atom. The highest BCUT2D eigenvalue weighted by atomic mass is 35.5. The SMILES string of the molecule is CC(=O)c1cc2ncc(C(=O)N3CCN(c4cc(Cl)ccc4C)CC3)cc2[nH]1. The number of pyridine rings is 1. The second-order valence-electron chi connectivity index (χ2n) is 7.11. The minimum atomic E-state index is -0.0571. The minimum absolute atomic E-state index is 0.0455. The van der Waals surface area contributed by atoms with E-state index in [4.69, 9.17) is 11.6 Å². The molecule has 0 bridgehead atoms. The average molecular weight is 397 g/mol. The fraction of sp³-hybridized carbons (Fsp3) is 0.286. The van der Waals surface area contributed by atoms with Crippen LogP contribution in [0.3, 0.4) is 0 Å². The molecule has 1 saturated heterocycles. The van der Waals surface area contributed by atoms with Gasteiger partial charge in [-0.25, -0.2) is 0 Å². The largest absolute Gasteiger partial charge is 0.368 e. The number of anilines is 1. The van der Waals surface area contributed by atoms with Crippen molar-refractivity contribution in [2.75, 3.05) is 31.1 Å². The summed E-state index contributed by atoms with van der Waals surface area (Å²) >= 11 is 6.14.